The second-order valence-corrected chi connectivity index (χ2v) is 6.53. The molecule has 2 unspecified atom stereocenters. The van der Waals surface area contributed by atoms with Crippen LogP contribution in [0.3, 0.4) is 0 Å². The van der Waals surface area contributed by atoms with E-state index in [0.29, 0.717) is 0 Å². The van der Waals surface area contributed by atoms with E-state index < -0.39 is 0 Å². The van der Waals surface area contributed by atoms with Crippen LogP contribution in [0.4, 0.5) is 0 Å². The van der Waals surface area contributed by atoms with Gasteiger partial charge in [0.25, 0.3) is 0 Å². The minimum absolute atomic E-state index is 0.723. The normalized spacial score (nSPS) is 26.1. The van der Waals surface area contributed by atoms with Crippen LogP contribution in [-0.4, -0.2) is 11.0 Å². The lowest BCUT2D eigenvalue weighted by atomic mass is 9.89. The van der Waals surface area contributed by atoms with Gasteiger partial charge in [0.2, 0.25) is 0 Å². The van der Waals surface area contributed by atoms with Gasteiger partial charge in [0.1, 0.15) is 0 Å². The Balaban J connectivity index is 1.75. The molecule has 0 amide bonds. The van der Waals surface area contributed by atoms with Crippen LogP contribution in [0, 0.1) is 11.8 Å². The Morgan fingerprint density at radius 3 is 2.94 bits per heavy atom. The second-order valence-electron chi connectivity index (χ2n) is 5.56. The summed E-state index contributed by atoms with van der Waals surface area (Å²) in [6.07, 6.45) is 8.90. The molecule has 1 saturated carbocycles. The minimum atomic E-state index is 0.723. The molecule has 96 valence electrons. The number of nitrogens with zero attached hydrogens (tertiary/aromatic N) is 1. The number of hydrogen-bond acceptors (Lipinski definition) is 3. The Morgan fingerprint density at radius 1 is 1.35 bits per heavy atom. The van der Waals surface area contributed by atoms with Gasteiger partial charge in [0.05, 0.1) is 5.51 Å². The highest BCUT2D eigenvalue weighted by molar-refractivity contribution is 7.09. The smallest absolute Gasteiger partial charge is 0.0794 e. The predicted octanol–water partition coefficient (Wildman–Crippen LogP) is 3.84. The van der Waals surface area contributed by atoms with Gasteiger partial charge in [-0.25, -0.2) is 0 Å². The van der Waals surface area contributed by atoms with Crippen LogP contribution in [-0.2, 0) is 6.54 Å². The largest absolute Gasteiger partial charge is 0.309 e. The number of thiazole rings is 1. The standard InChI is InChI=1S/C14H24N2S/c1-11(2)12-4-3-5-13(7-6-12)16-9-14-8-15-10-17-14/h8,10-13,16H,3-7,9H2,1-2H3. The first kappa shape index (κ1) is 13.0. The Hall–Kier alpha value is -0.410. The summed E-state index contributed by atoms with van der Waals surface area (Å²) in [6, 6.07) is 0.723. The summed E-state index contributed by atoms with van der Waals surface area (Å²) < 4.78 is 0. The molecule has 1 fully saturated rings. The van der Waals surface area contributed by atoms with Crippen LogP contribution in [0.15, 0.2) is 11.7 Å². The van der Waals surface area contributed by atoms with Crippen molar-refractivity contribution in [1.82, 2.24) is 10.3 Å². The molecule has 1 aromatic rings. The fraction of sp³-hybridized carbons (Fsp3) is 0.786. The van der Waals surface area contributed by atoms with Crippen LogP contribution >= 0.6 is 11.3 Å². The van der Waals surface area contributed by atoms with Gasteiger partial charge < -0.3 is 5.32 Å². The molecule has 0 aliphatic heterocycles. The molecular formula is C14H24N2S. The first-order valence-corrected chi connectivity index (χ1v) is 7.74. The van der Waals surface area contributed by atoms with Crippen molar-refractivity contribution in [3.05, 3.63) is 16.6 Å². The summed E-state index contributed by atoms with van der Waals surface area (Å²) in [6.45, 7) is 5.74. The van der Waals surface area contributed by atoms with Gasteiger partial charge in [0.15, 0.2) is 0 Å². The lowest BCUT2D eigenvalue weighted by Crippen LogP contribution is -2.27. The molecule has 2 rings (SSSR count). The molecule has 0 aromatic carbocycles. The fourth-order valence-electron chi connectivity index (χ4n) is 2.78. The third-order valence-corrected chi connectivity index (χ3v) is 4.78. The van der Waals surface area contributed by atoms with Crippen molar-refractivity contribution in [3.8, 4) is 0 Å². The SMILES string of the molecule is CC(C)C1CCCC(NCc2cncs2)CC1. The zero-order valence-corrected chi connectivity index (χ0v) is 11.8. The summed E-state index contributed by atoms with van der Waals surface area (Å²) in [4.78, 5) is 5.47. The summed E-state index contributed by atoms with van der Waals surface area (Å²) in [5.74, 6) is 1.81. The predicted molar refractivity (Wildman–Crippen MR) is 74.2 cm³/mol. The quantitative estimate of drug-likeness (QED) is 0.824. The Kier molecular flexibility index (Phi) is 4.99. The van der Waals surface area contributed by atoms with Crippen LogP contribution in [0.2, 0.25) is 0 Å². The van der Waals surface area contributed by atoms with E-state index in [4.69, 9.17) is 0 Å². The highest BCUT2D eigenvalue weighted by Crippen LogP contribution is 2.28. The molecule has 2 nitrogen and oxygen atoms in total. The zero-order valence-electron chi connectivity index (χ0n) is 11.0. The molecule has 1 aliphatic carbocycles. The molecule has 0 bridgehead atoms. The molecule has 1 N–H and O–H groups in total. The maximum Gasteiger partial charge on any atom is 0.0794 e. The molecule has 0 saturated heterocycles. The molecular weight excluding hydrogens is 228 g/mol. The van der Waals surface area contributed by atoms with Crippen molar-refractivity contribution in [2.24, 2.45) is 11.8 Å². The Morgan fingerprint density at radius 2 is 2.24 bits per heavy atom. The number of hydrogen-bond donors (Lipinski definition) is 1. The fourth-order valence-corrected chi connectivity index (χ4v) is 3.32. The van der Waals surface area contributed by atoms with E-state index >= 15 is 0 Å². The Labute approximate surface area is 109 Å². The van der Waals surface area contributed by atoms with Crippen molar-refractivity contribution < 1.29 is 0 Å². The number of nitrogens with one attached hydrogen (secondary N) is 1. The van der Waals surface area contributed by atoms with Gasteiger partial charge in [0, 0.05) is 23.7 Å². The van der Waals surface area contributed by atoms with E-state index in [-0.39, 0.29) is 0 Å². The molecule has 1 aliphatic rings. The van der Waals surface area contributed by atoms with E-state index in [1.54, 1.807) is 11.3 Å². The van der Waals surface area contributed by atoms with Gasteiger partial charge in [-0.15, -0.1) is 11.3 Å². The van der Waals surface area contributed by atoms with Gasteiger partial charge in [-0.05, 0) is 31.1 Å². The maximum absolute atomic E-state index is 4.12. The van der Waals surface area contributed by atoms with Gasteiger partial charge in [-0.2, -0.15) is 0 Å². The van der Waals surface area contributed by atoms with Crippen molar-refractivity contribution in [1.29, 1.82) is 0 Å². The van der Waals surface area contributed by atoms with E-state index in [2.05, 4.69) is 24.1 Å². The number of rotatable bonds is 4. The van der Waals surface area contributed by atoms with Crippen LogP contribution in [0.5, 0.6) is 0 Å². The summed E-state index contributed by atoms with van der Waals surface area (Å²) in [5.41, 5.74) is 1.92. The minimum Gasteiger partial charge on any atom is -0.309 e. The van der Waals surface area contributed by atoms with Crippen molar-refractivity contribution >= 4 is 11.3 Å². The van der Waals surface area contributed by atoms with Gasteiger partial charge in [-0.1, -0.05) is 26.7 Å². The zero-order chi connectivity index (χ0) is 12.1. The van der Waals surface area contributed by atoms with Crippen molar-refractivity contribution in [2.45, 2.75) is 58.5 Å². The third-order valence-electron chi connectivity index (χ3n) is 4.00. The van der Waals surface area contributed by atoms with E-state index in [9.17, 15) is 0 Å². The topological polar surface area (TPSA) is 24.9 Å². The highest BCUT2D eigenvalue weighted by Gasteiger charge is 2.20. The summed E-state index contributed by atoms with van der Waals surface area (Å²) >= 11 is 1.75. The van der Waals surface area contributed by atoms with Crippen molar-refractivity contribution in [3.63, 3.8) is 0 Å². The monoisotopic (exact) mass is 252 g/mol. The molecule has 1 heterocycles. The summed E-state index contributed by atoms with van der Waals surface area (Å²) in [7, 11) is 0. The highest BCUT2D eigenvalue weighted by atomic mass is 32.1. The van der Waals surface area contributed by atoms with Gasteiger partial charge >= 0.3 is 0 Å². The molecule has 3 heteroatoms. The second kappa shape index (κ2) is 6.50. The molecule has 17 heavy (non-hydrogen) atoms. The van der Waals surface area contributed by atoms with E-state index in [1.165, 1.54) is 37.0 Å². The van der Waals surface area contributed by atoms with Crippen molar-refractivity contribution in [2.75, 3.05) is 0 Å². The molecule has 0 spiro atoms. The Bertz CT molecular complexity index is 308. The van der Waals surface area contributed by atoms with Crippen LogP contribution in [0.1, 0.15) is 50.8 Å². The van der Waals surface area contributed by atoms with Crippen LogP contribution in [0.25, 0.3) is 0 Å². The lowest BCUT2D eigenvalue weighted by Gasteiger charge is -2.18. The lowest BCUT2D eigenvalue weighted by molar-refractivity contribution is 0.338. The average molecular weight is 252 g/mol. The maximum atomic E-state index is 4.12. The van der Waals surface area contributed by atoms with Gasteiger partial charge in [-0.3, -0.25) is 4.98 Å². The first-order valence-electron chi connectivity index (χ1n) is 6.86. The molecule has 1 aromatic heterocycles. The van der Waals surface area contributed by atoms with E-state index in [0.717, 1.165) is 24.4 Å². The average Bonchev–Trinajstić information content (AvgIpc) is 2.70. The molecule has 0 radical (unpaired) electrons. The van der Waals surface area contributed by atoms with Crippen LogP contribution < -0.4 is 5.32 Å². The molecule has 2 atom stereocenters. The first-order chi connectivity index (χ1) is 8.25. The third kappa shape index (κ3) is 4.07. The van der Waals surface area contributed by atoms with E-state index in [1.807, 2.05) is 11.7 Å². The summed E-state index contributed by atoms with van der Waals surface area (Å²) in [5, 5.41) is 3.69. The number of aromatic nitrogens is 1.